The molecule has 2 heteroatoms. The van der Waals surface area contributed by atoms with E-state index in [2.05, 4.69) is 55.2 Å². The minimum Gasteiger partial charge on any atom is -0.362 e. The Balaban J connectivity index is 2.25. The van der Waals surface area contributed by atoms with Crippen LogP contribution in [0.3, 0.4) is 0 Å². The van der Waals surface area contributed by atoms with Gasteiger partial charge in [-0.15, -0.1) is 0 Å². The van der Waals surface area contributed by atoms with Crippen LogP contribution in [0.2, 0.25) is 0 Å². The van der Waals surface area contributed by atoms with Gasteiger partial charge in [0, 0.05) is 27.5 Å². The molecular weight excluding hydrogens is 232 g/mol. The summed E-state index contributed by atoms with van der Waals surface area (Å²) in [5, 5.41) is 5.01. The van der Waals surface area contributed by atoms with Gasteiger partial charge in [0.15, 0.2) is 0 Å². The second-order valence-electron chi connectivity index (χ2n) is 5.16. The van der Waals surface area contributed by atoms with E-state index in [0.717, 1.165) is 11.0 Å². The van der Waals surface area contributed by atoms with Gasteiger partial charge in [-0.05, 0) is 43.5 Å². The van der Waals surface area contributed by atoms with E-state index in [0.29, 0.717) is 0 Å². The second-order valence-corrected chi connectivity index (χ2v) is 5.16. The maximum atomic E-state index is 4.71. The summed E-state index contributed by atoms with van der Waals surface area (Å²) in [4.78, 5) is 8.10. The Morgan fingerprint density at radius 2 is 1.68 bits per heavy atom. The molecule has 0 saturated heterocycles. The molecule has 2 aromatic heterocycles. The highest BCUT2D eigenvalue weighted by Crippen LogP contribution is 2.30. The van der Waals surface area contributed by atoms with Crippen molar-refractivity contribution in [3.05, 3.63) is 53.9 Å². The summed E-state index contributed by atoms with van der Waals surface area (Å²) >= 11 is 0. The number of fused-ring (bicyclic) bond motifs is 4. The number of benzene rings is 2. The molecule has 0 unspecified atom stereocenters. The number of aryl methyl sites for hydroxylation is 2. The molecular formula is C17H14N2. The highest BCUT2D eigenvalue weighted by molar-refractivity contribution is 6.12. The molecule has 0 aliphatic heterocycles. The molecule has 0 aliphatic rings. The molecule has 0 fully saturated rings. The first-order chi connectivity index (χ1) is 9.22. The monoisotopic (exact) mass is 246 g/mol. The lowest BCUT2D eigenvalue weighted by atomic mass is 10.0. The van der Waals surface area contributed by atoms with Gasteiger partial charge in [0.1, 0.15) is 0 Å². The first-order valence-electron chi connectivity index (χ1n) is 6.51. The minimum atomic E-state index is 1.08. The fourth-order valence-corrected chi connectivity index (χ4v) is 2.92. The Labute approximate surface area is 111 Å². The first-order valence-corrected chi connectivity index (χ1v) is 6.51. The lowest BCUT2D eigenvalue weighted by Gasteiger charge is -2.05. The first kappa shape index (κ1) is 10.6. The molecule has 2 nitrogen and oxygen atoms in total. The summed E-state index contributed by atoms with van der Waals surface area (Å²) in [5.74, 6) is 0. The number of hydrogen-bond donors (Lipinski definition) is 1. The van der Waals surface area contributed by atoms with Gasteiger partial charge in [-0.2, -0.15) is 0 Å². The summed E-state index contributed by atoms with van der Waals surface area (Å²) < 4.78 is 0. The summed E-state index contributed by atoms with van der Waals surface area (Å²) in [7, 11) is 0. The fraction of sp³-hybridized carbons (Fsp3) is 0.118. The van der Waals surface area contributed by atoms with E-state index in [9.17, 15) is 0 Å². The molecule has 4 rings (SSSR count). The third-order valence-electron chi connectivity index (χ3n) is 3.76. The molecule has 0 amide bonds. The average molecular weight is 246 g/mol. The number of aromatic nitrogens is 2. The van der Waals surface area contributed by atoms with Gasteiger partial charge in [-0.1, -0.05) is 18.2 Å². The summed E-state index contributed by atoms with van der Waals surface area (Å²) in [6.45, 7) is 4.21. The van der Waals surface area contributed by atoms with Gasteiger partial charge in [0.2, 0.25) is 0 Å². The van der Waals surface area contributed by atoms with Gasteiger partial charge in [-0.25, -0.2) is 4.98 Å². The zero-order valence-corrected chi connectivity index (χ0v) is 11.0. The number of pyridine rings is 1. The number of rotatable bonds is 0. The highest BCUT2D eigenvalue weighted by atomic mass is 14.7. The van der Waals surface area contributed by atoms with E-state index in [1.165, 1.54) is 32.9 Å². The van der Waals surface area contributed by atoms with Crippen LogP contribution in [0.5, 0.6) is 0 Å². The van der Waals surface area contributed by atoms with Crippen molar-refractivity contribution in [1.29, 1.82) is 0 Å². The van der Waals surface area contributed by atoms with Gasteiger partial charge in [0.05, 0.1) is 11.0 Å². The quantitative estimate of drug-likeness (QED) is 0.486. The minimum absolute atomic E-state index is 1.08. The molecule has 0 saturated carbocycles. The summed E-state index contributed by atoms with van der Waals surface area (Å²) in [5.41, 5.74) is 4.54. The molecule has 92 valence electrons. The van der Waals surface area contributed by atoms with Crippen molar-refractivity contribution in [3.63, 3.8) is 0 Å². The number of nitrogens with zero attached hydrogens (tertiary/aromatic N) is 1. The van der Waals surface area contributed by atoms with Crippen LogP contribution in [0.25, 0.3) is 32.6 Å². The average Bonchev–Trinajstić information content (AvgIpc) is 2.74. The van der Waals surface area contributed by atoms with Crippen LogP contribution >= 0.6 is 0 Å². The summed E-state index contributed by atoms with van der Waals surface area (Å²) in [6.07, 6.45) is 0. The fourth-order valence-electron chi connectivity index (χ4n) is 2.92. The van der Waals surface area contributed by atoms with Gasteiger partial charge >= 0.3 is 0 Å². The van der Waals surface area contributed by atoms with E-state index >= 15 is 0 Å². The number of aromatic amines is 1. The second kappa shape index (κ2) is 3.58. The molecule has 0 atom stereocenters. The molecule has 0 radical (unpaired) electrons. The van der Waals surface area contributed by atoms with Crippen LogP contribution in [0.15, 0.2) is 42.5 Å². The maximum absolute atomic E-state index is 4.71. The van der Waals surface area contributed by atoms with E-state index < -0.39 is 0 Å². The van der Waals surface area contributed by atoms with Crippen LogP contribution in [-0.2, 0) is 0 Å². The molecule has 0 aliphatic carbocycles. The van der Waals surface area contributed by atoms with Crippen molar-refractivity contribution in [2.24, 2.45) is 0 Å². The van der Waals surface area contributed by atoms with Gasteiger partial charge in [-0.3, -0.25) is 0 Å². The Morgan fingerprint density at radius 1 is 0.842 bits per heavy atom. The van der Waals surface area contributed by atoms with E-state index in [1.54, 1.807) is 0 Å². The zero-order chi connectivity index (χ0) is 13.0. The van der Waals surface area contributed by atoms with Crippen LogP contribution in [-0.4, -0.2) is 9.97 Å². The van der Waals surface area contributed by atoms with Crippen LogP contribution < -0.4 is 0 Å². The lowest BCUT2D eigenvalue weighted by Crippen LogP contribution is -1.88. The van der Waals surface area contributed by atoms with Crippen molar-refractivity contribution >= 4 is 32.6 Å². The number of para-hydroxylation sites is 1. The Bertz CT molecular complexity index is 932. The third kappa shape index (κ3) is 1.46. The number of H-pyrrole nitrogens is 1. The topological polar surface area (TPSA) is 28.7 Å². The third-order valence-corrected chi connectivity index (χ3v) is 3.76. The Kier molecular flexibility index (Phi) is 1.99. The largest absolute Gasteiger partial charge is 0.362 e. The van der Waals surface area contributed by atoms with Crippen molar-refractivity contribution in [3.8, 4) is 0 Å². The van der Waals surface area contributed by atoms with Crippen molar-refractivity contribution in [2.75, 3.05) is 0 Å². The predicted octanol–water partition coefficient (Wildman–Crippen LogP) is 4.49. The van der Waals surface area contributed by atoms with E-state index in [1.807, 2.05) is 6.07 Å². The number of hydrogen-bond acceptors (Lipinski definition) is 1. The Morgan fingerprint density at radius 3 is 2.58 bits per heavy atom. The summed E-state index contributed by atoms with van der Waals surface area (Å²) in [6, 6.07) is 15.0. The van der Waals surface area contributed by atoms with Crippen LogP contribution in [0.4, 0.5) is 0 Å². The molecule has 0 spiro atoms. The van der Waals surface area contributed by atoms with Crippen molar-refractivity contribution < 1.29 is 0 Å². The molecule has 2 aromatic carbocycles. The normalized spacial score (nSPS) is 11.7. The van der Waals surface area contributed by atoms with E-state index in [4.69, 9.17) is 4.98 Å². The Hall–Kier alpha value is -2.35. The van der Waals surface area contributed by atoms with Gasteiger partial charge < -0.3 is 4.98 Å². The van der Waals surface area contributed by atoms with Crippen molar-refractivity contribution in [1.82, 2.24) is 9.97 Å². The number of nitrogens with one attached hydrogen (secondary N) is 1. The molecule has 0 bridgehead atoms. The van der Waals surface area contributed by atoms with Gasteiger partial charge in [0.25, 0.3) is 0 Å². The maximum Gasteiger partial charge on any atom is 0.0723 e. The van der Waals surface area contributed by atoms with Crippen LogP contribution in [0, 0.1) is 13.8 Å². The van der Waals surface area contributed by atoms with Crippen molar-refractivity contribution in [2.45, 2.75) is 13.8 Å². The predicted molar refractivity (Wildman–Crippen MR) is 80.6 cm³/mol. The molecule has 19 heavy (non-hydrogen) atoms. The molecule has 4 aromatic rings. The van der Waals surface area contributed by atoms with E-state index in [-0.39, 0.29) is 0 Å². The molecule has 2 heterocycles. The highest BCUT2D eigenvalue weighted by Gasteiger charge is 2.08. The zero-order valence-electron chi connectivity index (χ0n) is 11.0. The molecule has 1 N–H and O–H groups in total. The lowest BCUT2D eigenvalue weighted by molar-refractivity contribution is 1.15. The standard InChI is InChI=1S/C17H14N2/c1-10-7-12-8-15-13-5-3-4-6-16(13)19-17(15)9-14(12)11(2)18-10/h3-9,18H,1-2H3. The SMILES string of the molecule is Cc1cc2cc3c(cc2c(C)[nH]1)nc1ccccc13. The van der Waals surface area contributed by atoms with Crippen LogP contribution in [0.1, 0.15) is 11.4 Å². The smallest absolute Gasteiger partial charge is 0.0723 e.